The molecule has 0 aromatic carbocycles. The molecule has 0 aliphatic carbocycles. The molecule has 2 rings (SSSR count). The van der Waals surface area contributed by atoms with Crippen LogP contribution in [0.15, 0.2) is 18.5 Å². The molecular formula is C11H14N4O3. The highest BCUT2D eigenvalue weighted by atomic mass is 16.5. The van der Waals surface area contributed by atoms with Crippen LogP contribution < -0.4 is 9.47 Å². The molecule has 0 spiro atoms. The lowest BCUT2D eigenvalue weighted by atomic mass is 10.3. The molecule has 0 amide bonds. The van der Waals surface area contributed by atoms with E-state index in [-0.39, 0.29) is 6.61 Å². The topological polar surface area (TPSA) is 82.3 Å². The third-order valence-corrected chi connectivity index (χ3v) is 2.43. The van der Waals surface area contributed by atoms with Gasteiger partial charge in [-0.2, -0.15) is 0 Å². The van der Waals surface area contributed by atoms with E-state index in [1.807, 2.05) is 0 Å². The maximum atomic E-state index is 8.92. The van der Waals surface area contributed by atoms with E-state index < -0.39 is 0 Å². The molecule has 0 atom stereocenters. The van der Waals surface area contributed by atoms with E-state index in [4.69, 9.17) is 14.6 Å². The standard InChI is InChI=1S/C11H14N4O3/c1-17-10-3-4-12-9(11(10)18-2)6-15-5-8(7-16)13-14-15/h3-5,16H,6-7H2,1-2H3. The molecular weight excluding hydrogens is 236 g/mol. The van der Waals surface area contributed by atoms with E-state index in [1.165, 1.54) is 0 Å². The first-order chi connectivity index (χ1) is 8.78. The Morgan fingerprint density at radius 3 is 2.78 bits per heavy atom. The van der Waals surface area contributed by atoms with Gasteiger partial charge in [0.2, 0.25) is 0 Å². The maximum absolute atomic E-state index is 8.92. The predicted molar refractivity (Wildman–Crippen MR) is 62.4 cm³/mol. The lowest BCUT2D eigenvalue weighted by Gasteiger charge is -2.11. The molecule has 0 saturated carbocycles. The van der Waals surface area contributed by atoms with Gasteiger partial charge in [0, 0.05) is 12.3 Å². The lowest BCUT2D eigenvalue weighted by molar-refractivity contribution is 0.276. The summed E-state index contributed by atoms with van der Waals surface area (Å²) in [5, 5.41) is 16.6. The summed E-state index contributed by atoms with van der Waals surface area (Å²) < 4.78 is 12.0. The van der Waals surface area contributed by atoms with Gasteiger partial charge in [0.1, 0.15) is 11.4 Å². The highest BCUT2D eigenvalue weighted by molar-refractivity contribution is 5.42. The van der Waals surface area contributed by atoms with Gasteiger partial charge in [0.05, 0.1) is 33.6 Å². The average molecular weight is 250 g/mol. The first-order valence-electron chi connectivity index (χ1n) is 5.34. The van der Waals surface area contributed by atoms with Crippen molar-refractivity contribution in [3.8, 4) is 11.5 Å². The minimum atomic E-state index is -0.136. The largest absolute Gasteiger partial charge is 0.493 e. The van der Waals surface area contributed by atoms with Crippen LogP contribution in [0, 0.1) is 0 Å². The number of pyridine rings is 1. The molecule has 1 N–H and O–H groups in total. The number of aliphatic hydroxyl groups excluding tert-OH is 1. The first kappa shape index (κ1) is 12.3. The highest BCUT2D eigenvalue weighted by Gasteiger charge is 2.12. The molecule has 2 aromatic rings. The Hall–Kier alpha value is -2.15. The molecule has 2 aromatic heterocycles. The van der Waals surface area contributed by atoms with Crippen LogP contribution in [0.3, 0.4) is 0 Å². The number of hydrogen-bond donors (Lipinski definition) is 1. The van der Waals surface area contributed by atoms with Crippen LogP contribution in [0.2, 0.25) is 0 Å². The maximum Gasteiger partial charge on any atom is 0.184 e. The van der Waals surface area contributed by atoms with Crippen LogP contribution in [0.5, 0.6) is 11.5 Å². The predicted octanol–water partition coefficient (Wildman–Crippen LogP) is 0.231. The number of methoxy groups -OCH3 is 2. The highest BCUT2D eigenvalue weighted by Crippen LogP contribution is 2.29. The Labute approximate surface area is 104 Å². The Bertz CT molecular complexity index is 527. The number of hydrogen-bond acceptors (Lipinski definition) is 6. The van der Waals surface area contributed by atoms with Crippen LogP contribution in [-0.4, -0.2) is 39.3 Å². The van der Waals surface area contributed by atoms with Crippen molar-refractivity contribution in [2.24, 2.45) is 0 Å². The lowest BCUT2D eigenvalue weighted by Crippen LogP contribution is -2.05. The van der Waals surface area contributed by atoms with Gasteiger partial charge in [-0.05, 0) is 0 Å². The van der Waals surface area contributed by atoms with Gasteiger partial charge in [0.15, 0.2) is 11.5 Å². The second-order valence-corrected chi connectivity index (χ2v) is 3.56. The summed E-state index contributed by atoms with van der Waals surface area (Å²) in [6.45, 7) is 0.260. The Kier molecular flexibility index (Phi) is 3.73. The molecule has 18 heavy (non-hydrogen) atoms. The second kappa shape index (κ2) is 5.46. The summed E-state index contributed by atoms with van der Waals surface area (Å²) in [5.74, 6) is 1.19. The van der Waals surface area contributed by atoms with Crippen LogP contribution in [0.25, 0.3) is 0 Å². The summed E-state index contributed by atoms with van der Waals surface area (Å²) >= 11 is 0. The fourth-order valence-corrected chi connectivity index (χ4v) is 1.60. The second-order valence-electron chi connectivity index (χ2n) is 3.56. The number of aromatic nitrogens is 4. The summed E-state index contributed by atoms with van der Waals surface area (Å²) in [6.07, 6.45) is 3.29. The van der Waals surface area contributed by atoms with E-state index in [0.717, 1.165) is 0 Å². The Balaban J connectivity index is 2.28. The van der Waals surface area contributed by atoms with Crippen molar-refractivity contribution in [1.82, 2.24) is 20.0 Å². The molecule has 0 radical (unpaired) electrons. The van der Waals surface area contributed by atoms with Gasteiger partial charge in [0.25, 0.3) is 0 Å². The summed E-state index contributed by atoms with van der Waals surface area (Å²) in [7, 11) is 3.13. The molecule has 7 heteroatoms. The zero-order valence-corrected chi connectivity index (χ0v) is 10.2. The van der Waals surface area contributed by atoms with E-state index in [1.54, 1.807) is 37.4 Å². The molecule has 96 valence electrons. The van der Waals surface area contributed by atoms with Crippen molar-refractivity contribution in [3.05, 3.63) is 29.8 Å². The summed E-state index contributed by atoms with van der Waals surface area (Å²) in [4.78, 5) is 4.23. The summed E-state index contributed by atoms with van der Waals surface area (Å²) in [6, 6.07) is 1.73. The van der Waals surface area contributed by atoms with E-state index >= 15 is 0 Å². The van der Waals surface area contributed by atoms with Gasteiger partial charge in [-0.1, -0.05) is 5.21 Å². The quantitative estimate of drug-likeness (QED) is 0.818. The van der Waals surface area contributed by atoms with Gasteiger partial charge < -0.3 is 14.6 Å². The van der Waals surface area contributed by atoms with Crippen LogP contribution >= 0.6 is 0 Å². The smallest absolute Gasteiger partial charge is 0.184 e. The molecule has 0 unspecified atom stereocenters. The van der Waals surface area contributed by atoms with Crippen molar-refractivity contribution >= 4 is 0 Å². The molecule has 0 aliphatic rings. The van der Waals surface area contributed by atoms with Crippen molar-refractivity contribution < 1.29 is 14.6 Å². The minimum Gasteiger partial charge on any atom is -0.493 e. The molecule has 0 bridgehead atoms. The van der Waals surface area contributed by atoms with E-state index in [9.17, 15) is 0 Å². The SMILES string of the molecule is COc1ccnc(Cn2cc(CO)nn2)c1OC. The van der Waals surface area contributed by atoms with Crippen molar-refractivity contribution in [2.45, 2.75) is 13.2 Å². The summed E-state index contributed by atoms with van der Waals surface area (Å²) in [5.41, 5.74) is 1.20. The third-order valence-electron chi connectivity index (χ3n) is 2.43. The first-order valence-corrected chi connectivity index (χ1v) is 5.34. The van der Waals surface area contributed by atoms with Gasteiger partial charge >= 0.3 is 0 Å². The molecule has 7 nitrogen and oxygen atoms in total. The van der Waals surface area contributed by atoms with Crippen molar-refractivity contribution in [1.29, 1.82) is 0 Å². The normalized spacial score (nSPS) is 10.4. The monoisotopic (exact) mass is 250 g/mol. The number of rotatable bonds is 5. The van der Waals surface area contributed by atoms with Gasteiger partial charge in [-0.25, -0.2) is 4.68 Å². The Morgan fingerprint density at radius 1 is 1.33 bits per heavy atom. The fourth-order valence-electron chi connectivity index (χ4n) is 1.60. The van der Waals surface area contributed by atoms with Crippen LogP contribution in [0.4, 0.5) is 0 Å². The number of nitrogens with zero attached hydrogens (tertiary/aromatic N) is 4. The van der Waals surface area contributed by atoms with Gasteiger partial charge in [-0.15, -0.1) is 5.10 Å². The zero-order chi connectivity index (χ0) is 13.0. The zero-order valence-electron chi connectivity index (χ0n) is 10.2. The van der Waals surface area contributed by atoms with E-state index in [2.05, 4.69) is 15.3 Å². The van der Waals surface area contributed by atoms with Crippen LogP contribution in [0.1, 0.15) is 11.4 Å². The van der Waals surface area contributed by atoms with Crippen molar-refractivity contribution in [2.75, 3.05) is 14.2 Å². The molecule has 0 fully saturated rings. The van der Waals surface area contributed by atoms with Crippen LogP contribution in [-0.2, 0) is 13.2 Å². The van der Waals surface area contributed by atoms with E-state index in [0.29, 0.717) is 29.4 Å². The average Bonchev–Trinajstić information content (AvgIpc) is 2.86. The third kappa shape index (κ3) is 2.40. The van der Waals surface area contributed by atoms with Gasteiger partial charge in [-0.3, -0.25) is 4.98 Å². The molecule has 0 saturated heterocycles. The molecule has 0 aliphatic heterocycles. The number of ether oxygens (including phenoxy) is 2. The fraction of sp³-hybridized carbons (Fsp3) is 0.364. The van der Waals surface area contributed by atoms with Crippen molar-refractivity contribution in [3.63, 3.8) is 0 Å². The number of aliphatic hydroxyl groups is 1. The minimum absolute atomic E-state index is 0.136. The Morgan fingerprint density at radius 2 is 2.17 bits per heavy atom. The molecule has 2 heterocycles.